The lowest BCUT2D eigenvalue weighted by Gasteiger charge is -2.17. The van der Waals surface area contributed by atoms with Crippen molar-refractivity contribution in [3.8, 4) is 0 Å². The van der Waals surface area contributed by atoms with Gasteiger partial charge in [-0.3, -0.25) is 4.90 Å². The van der Waals surface area contributed by atoms with Crippen LogP contribution in [0, 0.1) is 0 Å². The molecule has 0 unspecified atom stereocenters. The molecule has 1 saturated heterocycles. The number of hydrogen-bond acceptors (Lipinski definition) is 2. The Labute approximate surface area is 104 Å². The van der Waals surface area contributed by atoms with Gasteiger partial charge in [-0.15, -0.1) is 12.4 Å². The Morgan fingerprint density at radius 1 is 1.31 bits per heavy atom. The summed E-state index contributed by atoms with van der Waals surface area (Å²) in [6.45, 7) is 5.49. The van der Waals surface area contributed by atoms with Crippen molar-refractivity contribution in [2.75, 3.05) is 13.1 Å². The minimum Gasteiger partial charge on any atom is -0.326 e. The molecule has 3 heteroatoms. The number of likely N-dealkylation sites (tertiary alicyclic amines) is 1. The average molecular weight is 241 g/mol. The first-order valence-corrected chi connectivity index (χ1v) is 5.84. The minimum atomic E-state index is 0. The highest BCUT2D eigenvalue weighted by Crippen LogP contribution is 2.15. The summed E-state index contributed by atoms with van der Waals surface area (Å²) in [5.41, 5.74) is 8.84. The lowest BCUT2D eigenvalue weighted by molar-refractivity contribution is 0.326. The van der Waals surface area contributed by atoms with Crippen molar-refractivity contribution in [1.82, 2.24) is 4.90 Å². The molecule has 0 radical (unpaired) electrons. The largest absolute Gasteiger partial charge is 0.326 e. The van der Waals surface area contributed by atoms with Gasteiger partial charge in [0.1, 0.15) is 0 Å². The third-order valence-electron chi connectivity index (χ3n) is 3.20. The predicted molar refractivity (Wildman–Crippen MR) is 70.9 cm³/mol. The van der Waals surface area contributed by atoms with E-state index in [0.717, 1.165) is 32.5 Å². The van der Waals surface area contributed by atoms with Crippen molar-refractivity contribution in [3.05, 3.63) is 35.4 Å². The van der Waals surface area contributed by atoms with Crippen LogP contribution in [-0.4, -0.2) is 24.0 Å². The first kappa shape index (κ1) is 13.5. The third kappa shape index (κ3) is 3.21. The summed E-state index contributed by atoms with van der Waals surface area (Å²) < 4.78 is 0. The molecule has 16 heavy (non-hydrogen) atoms. The van der Waals surface area contributed by atoms with Gasteiger partial charge in [0.15, 0.2) is 0 Å². The van der Waals surface area contributed by atoms with Gasteiger partial charge in [-0.05, 0) is 24.0 Å². The second kappa shape index (κ2) is 6.24. The van der Waals surface area contributed by atoms with Gasteiger partial charge in [0.05, 0.1) is 0 Å². The van der Waals surface area contributed by atoms with E-state index in [4.69, 9.17) is 5.73 Å². The van der Waals surface area contributed by atoms with Gasteiger partial charge in [-0.25, -0.2) is 0 Å². The zero-order valence-corrected chi connectivity index (χ0v) is 10.7. The van der Waals surface area contributed by atoms with Gasteiger partial charge in [0.2, 0.25) is 0 Å². The SMILES string of the molecule is CCc1ccccc1CN1CC[C@@H](N)C1.Cl. The quantitative estimate of drug-likeness (QED) is 0.878. The van der Waals surface area contributed by atoms with Crippen LogP contribution < -0.4 is 5.73 Å². The third-order valence-corrected chi connectivity index (χ3v) is 3.20. The molecule has 0 aromatic heterocycles. The Hall–Kier alpha value is -0.570. The van der Waals surface area contributed by atoms with Crippen molar-refractivity contribution < 1.29 is 0 Å². The fraction of sp³-hybridized carbons (Fsp3) is 0.538. The molecule has 2 nitrogen and oxygen atoms in total. The van der Waals surface area contributed by atoms with Crippen molar-refractivity contribution in [1.29, 1.82) is 0 Å². The smallest absolute Gasteiger partial charge is 0.0237 e. The first-order valence-electron chi connectivity index (χ1n) is 5.84. The lowest BCUT2D eigenvalue weighted by atomic mass is 10.1. The van der Waals surface area contributed by atoms with E-state index < -0.39 is 0 Å². The molecule has 1 aromatic rings. The number of nitrogens with zero attached hydrogens (tertiary/aromatic N) is 1. The van der Waals surface area contributed by atoms with Crippen LogP contribution >= 0.6 is 12.4 Å². The van der Waals surface area contributed by atoms with Crippen LogP contribution in [0.3, 0.4) is 0 Å². The molecule has 1 aliphatic rings. The average Bonchev–Trinajstić information content (AvgIpc) is 2.65. The number of benzene rings is 1. The molecule has 0 saturated carbocycles. The molecular formula is C13H21ClN2. The highest BCUT2D eigenvalue weighted by Gasteiger charge is 2.19. The normalized spacial score (nSPS) is 20.8. The molecule has 0 aliphatic carbocycles. The summed E-state index contributed by atoms with van der Waals surface area (Å²) in [6.07, 6.45) is 2.27. The fourth-order valence-electron chi connectivity index (χ4n) is 2.30. The second-order valence-corrected chi connectivity index (χ2v) is 4.41. The Bertz CT molecular complexity index is 327. The summed E-state index contributed by atoms with van der Waals surface area (Å²) in [7, 11) is 0. The standard InChI is InChI=1S/C13H20N2.ClH/c1-2-11-5-3-4-6-12(11)9-15-8-7-13(14)10-15;/h3-6,13H,2,7-10,14H2,1H3;1H/t13-;/m1./s1. The molecule has 1 aromatic carbocycles. The van der Waals surface area contributed by atoms with Gasteiger partial charge in [-0.1, -0.05) is 31.2 Å². The van der Waals surface area contributed by atoms with E-state index in [1.807, 2.05) is 0 Å². The van der Waals surface area contributed by atoms with E-state index in [1.54, 1.807) is 0 Å². The van der Waals surface area contributed by atoms with Crippen LogP contribution in [0.15, 0.2) is 24.3 Å². The number of aryl methyl sites for hydroxylation is 1. The highest BCUT2D eigenvalue weighted by atomic mass is 35.5. The number of hydrogen-bond donors (Lipinski definition) is 1. The highest BCUT2D eigenvalue weighted by molar-refractivity contribution is 5.85. The summed E-state index contributed by atoms with van der Waals surface area (Å²) in [4.78, 5) is 2.46. The summed E-state index contributed by atoms with van der Waals surface area (Å²) >= 11 is 0. The van der Waals surface area contributed by atoms with Crippen LogP contribution in [0.25, 0.3) is 0 Å². The van der Waals surface area contributed by atoms with Crippen LogP contribution in [0.5, 0.6) is 0 Å². The maximum atomic E-state index is 5.91. The number of rotatable bonds is 3. The van der Waals surface area contributed by atoms with Crippen molar-refractivity contribution in [3.63, 3.8) is 0 Å². The van der Waals surface area contributed by atoms with E-state index in [2.05, 4.69) is 36.1 Å². The van der Waals surface area contributed by atoms with Crippen LogP contribution in [-0.2, 0) is 13.0 Å². The molecule has 2 N–H and O–H groups in total. The second-order valence-electron chi connectivity index (χ2n) is 4.41. The molecule has 0 amide bonds. The van der Waals surface area contributed by atoms with Gasteiger partial charge in [-0.2, -0.15) is 0 Å². The van der Waals surface area contributed by atoms with Crippen molar-refractivity contribution in [2.45, 2.75) is 32.4 Å². The number of halogens is 1. The zero-order valence-electron chi connectivity index (χ0n) is 9.86. The van der Waals surface area contributed by atoms with E-state index in [9.17, 15) is 0 Å². The molecular weight excluding hydrogens is 220 g/mol. The topological polar surface area (TPSA) is 29.3 Å². The molecule has 90 valence electrons. The van der Waals surface area contributed by atoms with E-state index in [1.165, 1.54) is 11.1 Å². The van der Waals surface area contributed by atoms with Crippen LogP contribution in [0.2, 0.25) is 0 Å². The van der Waals surface area contributed by atoms with Gasteiger partial charge in [0.25, 0.3) is 0 Å². The summed E-state index contributed by atoms with van der Waals surface area (Å²) in [6, 6.07) is 9.11. The number of nitrogens with two attached hydrogens (primary N) is 1. The van der Waals surface area contributed by atoms with Crippen LogP contribution in [0.1, 0.15) is 24.5 Å². The van der Waals surface area contributed by atoms with E-state index in [-0.39, 0.29) is 12.4 Å². The fourth-order valence-corrected chi connectivity index (χ4v) is 2.30. The van der Waals surface area contributed by atoms with Gasteiger partial charge in [0, 0.05) is 25.7 Å². The Morgan fingerprint density at radius 2 is 2.00 bits per heavy atom. The Kier molecular flexibility index (Phi) is 5.26. The molecule has 1 aliphatic heterocycles. The summed E-state index contributed by atoms with van der Waals surface area (Å²) in [5.74, 6) is 0. The summed E-state index contributed by atoms with van der Waals surface area (Å²) in [5, 5.41) is 0. The minimum absolute atomic E-state index is 0. The van der Waals surface area contributed by atoms with E-state index in [0.29, 0.717) is 6.04 Å². The van der Waals surface area contributed by atoms with Gasteiger partial charge < -0.3 is 5.73 Å². The molecule has 1 heterocycles. The molecule has 1 atom stereocenters. The molecule has 0 bridgehead atoms. The Morgan fingerprint density at radius 3 is 2.56 bits per heavy atom. The predicted octanol–water partition coefficient (Wildman–Crippen LogP) is 2.20. The Balaban J connectivity index is 0.00000128. The van der Waals surface area contributed by atoms with Gasteiger partial charge >= 0.3 is 0 Å². The molecule has 0 spiro atoms. The van der Waals surface area contributed by atoms with Crippen LogP contribution in [0.4, 0.5) is 0 Å². The van der Waals surface area contributed by atoms with Crippen molar-refractivity contribution in [2.24, 2.45) is 5.73 Å². The maximum absolute atomic E-state index is 5.91. The maximum Gasteiger partial charge on any atom is 0.0237 e. The monoisotopic (exact) mass is 240 g/mol. The zero-order chi connectivity index (χ0) is 10.7. The first-order chi connectivity index (χ1) is 7.29. The van der Waals surface area contributed by atoms with E-state index >= 15 is 0 Å². The van der Waals surface area contributed by atoms with Crippen molar-refractivity contribution >= 4 is 12.4 Å². The molecule has 2 rings (SSSR count). The molecule has 1 fully saturated rings. The lowest BCUT2D eigenvalue weighted by Crippen LogP contribution is -2.26.